The molecule has 5 nitrogen and oxygen atoms in total. The number of aliphatic hydroxyl groups is 1. The van der Waals surface area contributed by atoms with Crippen LogP contribution in [0.5, 0.6) is 11.5 Å². The largest absolute Gasteiger partial charge is 0.493 e. The number of hydrogen-bond acceptors (Lipinski definition) is 5. The van der Waals surface area contributed by atoms with Gasteiger partial charge in [-0.2, -0.15) is 0 Å². The molecular weight excluding hydrogens is 248 g/mol. The monoisotopic (exact) mass is 268 g/mol. The number of aliphatic hydroxyl groups excluding tert-OH is 1. The molecule has 1 fully saturated rings. The molecule has 2 unspecified atom stereocenters. The molecular formula is C14H20O5. The second-order valence-electron chi connectivity index (χ2n) is 4.45. The SMILES string of the molecule is COc1ccc(C(O)COC2CCOC2)cc1OC. The fourth-order valence-corrected chi connectivity index (χ4v) is 2.03. The van der Waals surface area contributed by atoms with Crippen molar-refractivity contribution in [3.63, 3.8) is 0 Å². The summed E-state index contributed by atoms with van der Waals surface area (Å²) >= 11 is 0. The lowest BCUT2D eigenvalue weighted by Gasteiger charge is -2.16. The van der Waals surface area contributed by atoms with Gasteiger partial charge in [-0.1, -0.05) is 6.07 Å². The molecule has 0 aromatic heterocycles. The van der Waals surface area contributed by atoms with Crippen LogP contribution in [-0.2, 0) is 9.47 Å². The second-order valence-corrected chi connectivity index (χ2v) is 4.45. The van der Waals surface area contributed by atoms with Crippen molar-refractivity contribution in [2.24, 2.45) is 0 Å². The molecule has 106 valence electrons. The lowest BCUT2D eigenvalue weighted by molar-refractivity contribution is -0.0132. The average molecular weight is 268 g/mol. The molecule has 0 radical (unpaired) electrons. The number of benzene rings is 1. The van der Waals surface area contributed by atoms with Crippen molar-refractivity contribution in [3.8, 4) is 11.5 Å². The molecule has 0 amide bonds. The number of ether oxygens (including phenoxy) is 4. The summed E-state index contributed by atoms with van der Waals surface area (Å²) in [5, 5.41) is 10.1. The first kappa shape index (κ1) is 14.1. The van der Waals surface area contributed by atoms with E-state index in [2.05, 4.69) is 0 Å². The maximum absolute atomic E-state index is 10.1. The van der Waals surface area contributed by atoms with E-state index >= 15 is 0 Å². The minimum absolute atomic E-state index is 0.0924. The molecule has 19 heavy (non-hydrogen) atoms. The smallest absolute Gasteiger partial charge is 0.161 e. The molecule has 2 atom stereocenters. The van der Waals surface area contributed by atoms with E-state index in [1.54, 1.807) is 32.4 Å². The van der Waals surface area contributed by atoms with Gasteiger partial charge in [0.2, 0.25) is 0 Å². The normalized spacial score (nSPS) is 20.3. The van der Waals surface area contributed by atoms with Gasteiger partial charge >= 0.3 is 0 Å². The van der Waals surface area contributed by atoms with Crippen molar-refractivity contribution >= 4 is 0 Å². The summed E-state index contributed by atoms with van der Waals surface area (Å²) in [6.07, 6.45) is 0.300. The first-order valence-corrected chi connectivity index (χ1v) is 6.34. The molecule has 0 saturated carbocycles. The van der Waals surface area contributed by atoms with E-state index in [0.29, 0.717) is 18.1 Å². The minimum Gasteiger partial charge on any atom is -0.493 e. The van der Waals surface area contributed by atoms with Crippen molar-refractivity contribution in [2.75, 3.05) is 34.0 Å². The van der Waals surface area contributed by atoms with Crippen LogP contribution in [0.4, 0.5) is 0 Å². The van der Waals surface area contributed by atoms with Crippen LogP contribution in [-0.4, -0.2) is 45.3 Å². The summed E-state index contributed by atoms with van der Waals surface area (Å²) in [5.74, 6) is 1.24. The first-order chi connectivity index (χ1) is 9.24. The lowest BCUT2D eigenvalue weighted by Crippen LogP contribution is -2.17. The van der Waals surface area contributed by atoms with Gasteiger partial charge in [-0.15, -0.1) is 0 Å². The molecule has 0 aliphatic carbocycles. The van der Waals surface area contributed by atoms with E-state index in [0.717, 1.165) is 18.6 Å². The fraction of sp³-hybridized carbons (Fsp3) is 0.571. The van der Waals surface area contributed by atoms with Gasteiger partial charge in [0.15, 0.2) is 11.5 Å². The lowest BCUT2D eigenvalue weighted by atomic mass is 10.1. The minimum atomic E-state index is -0.680. The zero-order chi connectivity index (χ0) is 13.7. The Balaban J connectivity index is 1.95. The predicted molar refractivity (Wildman–Crippen MR) is 69.7 cm³/mol. The highest BCUT2D eigenvalue weighted by Gasteiger charge is 2.19. The van der Waals surface area contributed by atoms with Crippen molar-refractivity contribution in [1.82, 2.24) is 0 Å². The third-order valence-electron chi connectivity index (χ3n) is 3.17. The van der Waals surface area contributed by atoms with E-state index in [4.69, 9.17) is 18.9 Å². The molecule has 1 aliphatic rings. The Bertz CT molecular complexity index is 401. The summed E-state index contributed by atoms with van der Waals surface area (Å²) in [5.41, 5.74) is 0.747. The van der Waals surface area contributed by atoms with Crippen molar-refractivity contribution in [3.05, 3.63) is 23.8 Å². The molecule has 1 aliphatic heterocycles. The molecule has 1 saturated heterocycles. The topological polar surface area (TPSA) is 57.2 Å². The van der Waals surface area contributed by atoms with Gasteiger partial charge in [-0.25, -0.2) is 0 Å². The van der Waals surface area contributed by atoms with Gasteiger partial charge < -0.3 is 24.1 Å². The molecule has 1 aromatic rings. The van der Waals surface area contributed by atoms with Crippen molar-refractivity contribution < 1.29 is 24.1 Å². The Morgan fingerprint density at radius 1 is 1.32 bits per heavy atom. The van der Waals surface area contributed by atoms with E-state index in [1.807, 2.05) is 0 Å². The molecule has 1 N–H and O–H groups in total. The van der Waals surface area contributed by atoms with Crippen LogP contribution in [0, 0.1) is 0 Å². The highest BCUT2D eigenvalue weighted by atomic mass is 16.5. The van der Waals surface area contributed by atoms with Gasteiger partial charge in [-0.05, 0) is 24.1 Å². The first-order valence-electron chi connectivity index (χ1n) is 6.34. The Morgan fingerprint density at radius 2 is 2.11 bits per heavy atom. The standard InChI is InChI=1S/C14H20O5/c1-16-13-4-3-10(7-14(13)17-2)12(15)9-19-11-5-6-18-8-11/h3-4,7,11-12,15H,5-6,8-9H2,1-2H3. The highest BCUT2D eigenvalue weighted by Crippen LogP contribution is 2.30. The average Bonchev–Trinajstić information content (AvgIpc) is 2.97. The number of methoxy groups -OCH3 is 2. The van der Waals surface area contributed by atoms with Crippen LogP contribution >= 0.6 is 0 Å². The highest BCUT2D eigenvalue weighted by molar-refractivity contribution is 5.43. The zero-order valence-electron chi connectivity index (χ0n) is 11.3. The Labute approximate surface area is 113 Å². The number of hydrogen-bond donors (Lipinski definition) is 1. The third-order valence-corrected chi connectivity index (χ3v) is 3.17. The van der Waals surface area contributed by atoms with Gasteiger partial charge in [0, 0.05) is 6.61 Å². The third kappa shape index (κ3) is 3.59. The predicted octanol–water partition coefficient (Wildman–Crippen LogP) is 1.54. The summed E-state index contributed by atoms with van der Waals surface area (Å²) in [4.78, 5) is 0. The van der Waals surface area contributed by atoms with Crippen molar-refractivity contribution in [2.45, 2.75) is 18.6 Å². The molecule has 2 rings (SSSR count). The Hall–Kier alpha value is -1.30. The van der Waals surface area contributed by atoms with E-state index in [1.165, 1.54) is 0 Å². The van der Waals surface area contributed by atoms with Gasteiger partial charge in [0.05, 0.1) is 33.5 Å². The van der Waals surface area contributed by atoms with Crippen molar-refractivity contribution in [1.29, 1.82) is 0 Å². The van der Waals surface area contributed by atoms with Crippen LogP contribution in [0.2, 0.25) is 0 Å². The molecule has 0 spiro atoms. The molecule has 5 heteroatoms. The van der Waals surface area contributed by atoms with Gasteiger partial charge in [0.1, 0.15) is 6.10 Å². The van der Waals surface area contributed by atoms with E-state index in [9.17, 15) is 5.11 Å². The molecule has 0 bridgehead atoms. The van der Waals surface area contributed by atoms with Crippen LogP contribution in [0.3, 0.4) is 0 Å². The van der Waals surface area contributed by atoms with Crippen LogP contribution in [0.25, 0.3) is 0 Å². The summed E-state index contributed by atoms with van der Waals surface area (Å²) in [6.45, 7) is 1.60. The fourth-order valence-electron chi connectivity index (χ4n) is 2.03. The maximum Gasteiger partial charge on any atom is 0.161 e. The number of rotatable bonds is 6. The summed E-state index contributed by atoms with van der Waals surface area (Å²) in [6, 6.07) is 5.34. The zero-order valence-corrected chi connectivity index (χ0v) is 11.3. The second kappa shape index (κ2) is 6.75. The van der Waals surface area contributed by atoms with Crippen LogP contribution in [0.1, 0.15) is 18.1 Å². The molecule has 1 aromatic carbocycles. The quantitative estimate of drug-likeness (QED) is 0.848. The van der Waals surface area contributed by atoms with Gasteiger partial charge in [-0.3, -0.25) is 0 Å². The Kier molecular flexibility index (Phi) is 5.01. The van der Waals surface area contributed by atoms with Crippen LogP contribution < -0.4 is 9.47 Å². The summed E-state index contributed by atoms with van der Waals surface area (Å²) in [7, 11) is 3.15. The molecule has 1 heterocycles. The summed E-state index contributed by atoms with van der Waals surface area (Å²) < 4.78 is 21.2. The van der Waals surface area contributed by atoms with Crippen LogP contribution in [0.15, 0.2) is 18.2 Å². The maximum atomic E-state index is 10.1. The van der Waals surface area contributed by atoms with E-state index < -0.39 is 6.10 Å². The van der Waals surface area contributed by atoms with Gasteiger partial charge in [0.25, 0.3) is 0 Å². The van der Waals surface area contributed by atoms with E-state index in [-0.39, 0.29) is 12.7 Å². The Morgan fingerprint density at radius 3 is 2.74 bits per heavy atom.